The molecule has 5 heteroatoms. The first kappa shape index (κ1) is 18.1. The van der Waals surface area contributed by atoms with Crippen molar-refractivity contribution in [1.29, 1.82) is 0 Å². The molecule has 0 heterocycles. The first-order valence-electron chi connectivity index (χ1n) is 8.86. The van der Waals surface area contributed by atoms with Crippen molar-refractivity contribution in [2.24, 2.45) is 11.7 Å². The molecule has 3 rings (SSSR count). The second kappa shape index (κ2) is 8.13. The van der Waals surface area contributed by atoms with Crippen molar-refractivity contribution in [2.45, 2.75) is 31.7 Å². The van der Waals surface area contributed by atoms with Crippen molar-refractivity contribution >= 4 is 10.0 Å². The Balaban J connectivity index is 1.65. The molecule has 0 aliphatic heterocycles. The number of rotatable bonds is 9. The van der Waals surface area contributed by atoms with Gasteiger partial charge in [-0.25, -0.2) is 13.1 Å². The highest BCUT2D eigenvalue weighted by Gasteiger charge is 2.27. The summed E-state index contributed by atoms with van der Waals surface area (Å²) in [6.07, 6.45) is 2.95. The van der Waals surface area contributed by atoms with Gasteiger partial charge in [0.15, 0.2) is 0 Å². The Bertz CT molecular complexity index is 786. The average Bonchev–Trinajstić information content (AvgIpc) is 3.42. The lowest BCUT2D eigenvalue weighted by Gasteiger charge is -2.17. The molecule has 0 aromatic heterocycles. The van der Waals surface area contributed by atoms with Crippen molar-refractivity contribution in [3.8, 4) is 0 Å². The Hall–Kier alpha value is -1.69. The molecule has 4 nitrogen and oxygen atoms in total. The van der Waals surface area contributed by atoms with Crippen LogP contribution in [0, 0.1) is 5.92 Å². The molecule has 1 aliphatic carbocycles. The minimum absolute atomic E-state index is 0.227. The fraction of sp³-hybridized carbons (Fsp3) is 0.400. The molecule has 0 bridgehead atoms. The van der Waals surface area contributed by atoms with Gasteiger partial charge in [-0.2, -0.15) is 0 Å². The highest BCUT2D eigenvalue weighted by molar-refractivity contribution is 7.89. The van der Waals surface area contributed by atoms with Gasteiger partial charge in [0, 0.05) is 12.5 Å². The van der Waals surface area contributed by atoms with Crippen LogP contribution in [0.5, 0.6) is 0 Å². The topological polar surface area (TPSA) is 72.2 Å². The van der Waals surface area contributed by atoms with Crippen molar-refractivity contribution in [1.82, 2.24) is 4.72 Å². The summed E-state index contributed by atoms with van der Waals surface area (Å²) in [6, 6.07) is 18.4. The van der Waals surface area contributed by atoms with Crippen LogP contribution in [-0.2, 0) is 23.0 Å². The molecule has 134 valence electrons. The highest BCUT2D eigenvalue weighted by Crippen LogP contribution is 2.30. The van der Waals surface area contributed by atoms with Crippen LogP contribution in [0.15, 0.2) is 54.6 Å². The van der Waals surface area contributed by atoms with E-state index >= 15 is 0 Å². The molecule has 1 unspecified atom stereocenters. The van der Waals surface area contributed by atoms with Gasteiger partial charge in [-0.05, 0) is 48.4 Å². The molecule has 2 aromatic rings. The summed E-state index contributed by atoms with van der Waals surface area (Å²) in [5.74, 6) is 0.841. The fourth-order valence-corrected chi connectivity index (χ4v) is 4.50. The number of hydrogen-bond acceptors (Lipinski definition) is 3. The van der Waals surface area contributed by atoms with Crippen LogP contribution in [0.4, 0.5) is 0 Å². The van der Waals surface area contributed by atoms with Gasteiger partial charge in [-0.3, -0.25) is 0 Å². The van der Waals surface area contributed by atoms with E-state index in [-0.39, 0.29) is 11.7 Å². The van der Waals surface area contributed by atoms with E-state index in [1.54, 1.807) is 0 Å². The maximum atomic E-state index is 12.0. The molecule has 1 saturated carbocycles. The van der Waals surface area contributed by atoms with E-state index in [1.807, 2.05) is 30.3 Å². The Kier molecular flexibility index (Phi) is 5.89. The lowest BCUT2D eigenvalue weighted by molar-refractivity contribution is 0.577. The number of sulfonamides is 1. The van der Waals surface area contributed by atoms with Gasteiger partial charge in [0.25, 0.3) is 0 Å². The van der Waals surface area contributed by atoms with Crippen LogP contribution in [0.3, 0.4) is 0 Å². The van der Waals surface area contributed by atoms with Crippen molar-refractivity contribution in [3.63, 3.8) is 0 Å². The van der Waals surface area contributed by atoms with Gasteiger partial charge < -0.3 is 5.73 Å². The van der Waals surface area contributed by atoms with Gasteiger partial charge in [-0.15, -0.1) is 0 Å². The van der Waals surface area contributed by atoms with Gasteiger partial charge >= 0.3 is 0 Å². The van der Waals surface area contributed by atoms with Crippen molar-refractivity contribution in [2.75, 3.05) is 12.3 Å². The minimum Gasteiger partial charge on any atom is -0.330 e. The number of hydrogen-bond donors (Lipinski definition) is 2. The molecular formula is C20H26N2O2S. The van der Waals surface area contributed by atoms with E-state index in [2.05, 4.69) is 29.0 Å². The van der Waals surface area contributed by atoms with Crippen molar-refractivity contribution in [3.05, 3.63) is 71.3 Å². The molecule has 1 aliphatic rings. The van der Waals surface area contributed by atoms with E-state index in [1.165, 1.54) is 5.56 Å². The standard InChI is InChI=1S/C20H26N2O2S/c21-13-20(11-16-5-2-1-3-6-16)19-8-4-7-18(12-19)14-22-25(23,24)15-17-9-10-17/h1-8,12,17,20,22H,9-11,13-15,21H2. The molecule has 0 radical (unpaired) electrons. The molecule has 25 heavy (non-hydrogen) atoms. The van der Waals surface area contributed by atoms with E-state index < -0.39 is 10.0 Å². The van der Waals surface area contributed by atoms with Gasteiger partial charge in [0.1, 0.15) is 0 Å². The maximum Gasteiger partial charge on any atom is 0.212 e. The normalized spacial score (nSPS) is 15.9. The van der Waals surface area contributed by atoms with Crippen LogP contribution in [-0.4, -0.2) is 20.7 Å². The van der Waals surface area contributed by atoms with Gasteiger partial charge in [-0.1, -0.05) is 54.6 Å². The molecule has 0 amide bonds. The summed E-state index contributed by atoms with van der Waals surface area (Å²) in [7, 11) is -3.18. The monoisotopic (exact) mass is 358 g/mol. The molecular weight excluding hydrogens is 332 g/mol. The number of nitrogens with two attached hydrogens (primary N) is 1. The summed E-state index contributed by atoms with van der Waals surface area (Å²) >= 11 is 0. The second-order valence-corrected chi connectivity index (χ2v) is 8.76. The molecule has 0 saturated heterocycles. The van der Waals surface area contributed by atoms with Crippen LogP contribution >= 0.6 is 0 Å². The molecule has 2 aromatic carbocycles. The first-order chi connectivity index (χ1) is 12.1. The third-order valence-corrected chi connectivity index (χ3v) is 6.17. The second-order valence-electron chi connectivity index (χ2n) is 6.91. The summed E-state index contributed by atoms with van der Waals surface area (Å²) in [5, 5.41) is 0. The third kappa shape index (κ3) is 5.66. The quantitative estimate of drug-likeness (QED) is 0.724. The van der Waals surface area contributed by atoms with E-state index in [0.717, 1.165) is 30.4 Å². The summed E-state index contributed by atoms with van der Waals surface area (Å²) in [5.41, 5.74) is 9.39. The highest BCUT2D eigenvalue weighted by atomic mass is 32.2. The zero-order chi connectivity index (χ0) is 17.7. The Morgan fingerprint density at radius 2 is 1.76 bits per heavy atom. The van der Waals surface area contributed by atoms with E-state index in [9.17, 15) is 8.42 Å². The van der Waals surface area contributed by atoms with Gasteiger partial charge in [0.05, 0.1) is 5.75 Å². The zero-order valence-corrected chi connectivity index (χ0v) is 15.2. The number of nitrogens with one attached hydrogen (secondary N) is 1. The SMILES string of the molecule is NCC(Cc1ccccc1)c1cccc(CNS(=O)(=O)CC2CC2)c1. The zero-order valence-electron chi connectivity index (χ0n) is 14.4. The average molecular weight is 359 g/mol. The van der Waals surface area contributed by atoms with E-state index in [0.29, 0.717) is 19.0 Å². The van der Waals surface area contributed by atoms with Crippen LogP contribution in [0.25, 0.3) is 0 Å². The first-order valence-corrected chi connectivity index (χ1v) is 10.5. The molecule has 1 fully saturated rings. The van der Waals surface area contributed by atoms with Crippen LogP contribution in [0.2, 0.25) is 0 Å². The summed E-state index contributed by atoms with van der Waals surface area (Å²) < 4.78 is 26.8. The third-order valence-electron chi connectivity index (χ3n) is 4.68. The fourth-order valence-electron chi connectivity index (χ4n) is 3.04. The minimum atomic E-state index is -3.18. The summed E-state index contributed by atoms with van der Waals surface area (Å²) in [4.78, 5) is 0. The Morgan fingerprint density at radius 1 is 1.04 bits per heavy atom. The molecule has 3 N–H and O–H groups in total. The Morgan fingerprint density at radius 3 is 2.44 bits per heavy atom. The number of benzene rings is 2. The summed E-state index contributed by atoms with van der Waals surface area (Å²) in [6.45, 7) is 0.900. The predicted molar refractivity (Wildman–Crippen MR) is 102 cm³/mol. The largest absolute Gasteiger partial charge is 0.330 e. The lowest BCUT2D eigenvalue weighted by atomic mass is 9.91. The molecule has 0 spiro atoms. The predicted octanol–water partition coefficient (Wildman–Crippen LogP) is 2.80. The van der Waals surface area contributed by atoms with Gasteiger partial charge in [0.2, 0.25) is 10.0 Å². The molecule has 1 atom stereocenters. The smallest absolute Gasteiger partial charge is 0.212 e. The maximum absolute atomic E-state index is 12.0. The lowest BCUT2D eigenvalue weighted by Crippen LogP contribution is -2.26. The van der Waals surface area contributed by atoms with Crippen LogP contribution < -0.4 is 10.5 Å². The van der Waals surface area contributed by atoms with Crippen molar-refractivity contribution < 1.29 is 8.42 Å². The van der Waals surface area contributed by atoms with E-state index in [4.69, 9.17) is 5.73 Å². The Labute approximate surface area is 150 Å². The van der Waals surface area contributed by atoms with Crippen LogP contribution in [0.1, 0.15) is 35.4 Å².